The van der Waals surface area contributed by atoms with Crippen molar-refractivity contribution in [2.45, 2.75) is 26.2 Å². The van der Waals surface area contributed by atoms with Crippen LogP contribution in [0.4, 0.5) is 0 Å². The normalized spacial score (nSPS) is 12.0. The van der Waals surface area contributed by atoms with Gasteiger partial charge in [-0.15, -0.1) is 0 Å². The average molecular weight is 434 g/mol. The van der Waals surface area contributed by atoms with Gasteiger partial charge in [-0.1, -0.05) is 59.9 Å². The van der Waals surface area contributed by atoms with Gasteiger partial charge >= 0.3 is 0 Å². The number of pyridine rings is 1. The predicted octanol–water partition coefficient (Wildman–Crippen LogP) is 6.20. The fourth-order valence-corrected chi connectivity index (χ4v) is 4.00. The smallest absolute Gasteiger partial charge is 0.231 e. The second kappa shape index (κ2) is 8.52. The van der Waals surface area contributed by atoms with Crippen LogP contribution in [0.15, 0.2) is 48.5 Å². The Morgan fingerprint density at radius 3 is 2.25 bits per heavy atom. The molecule has 144 valence electrons. The molecule has 3 rings (SSSR count). The van der Waals surface area contributed by atoms with E-state index < -0.39 is 11.8 Å². The van der Waals surface area contributed by atoms with Crippen molar-refractivity contribution in [2.24, 2.45) is 5.73 Å². The minimum absolute atomic E-state index is 0.375. The second-order valence-corrected chi connectivity index (χ2v) is 7.74. The van der Waals surface area contributed by atoms with E-state index in [1.807, 2.05) is 44.2 Å². The Morgan fingerprint density at radius 1 is 1.04 bits per heavy atom. The number of carbonyl (C=O) groups excluding carboxylic acids is 1. The molecule has 0 fully saturated rings. The number of benzene rings is 2. The van der Waals surface area contributed by atoms with E-state index in [2.05, 4.69) is 0 Å². The Bertz CT molecular complexity index is 1030. The maximum atomic E-state index is 12.4. The van der Waals surface area contributed by atoms with Crippen LogP contribution in [-0.2, 0) is 11.2 Å². The molecule has 3 aromatic rings. The summed E-state index contributed by atoms with van der Waals surface area (Å²) in [6, 6.07) is 14.6. The highest BCUT2D eigenvalue weighted by atomic mass is 35.5. The molecule has 0 saturated heterocycles. The van der Waals surface area contributed by atoms with Gasteiger partial charge in [0.1, 0.15) is 5.92 Å². The largest absolute Gasteiger partial charge is 0.369 e. The summed E-state index contributed by atoms with van der Waals surface area (Å²) in [6.45, 7) is 3.98. The average Bonchev–Trinajstić information content (AvgIpc) is 2.66. The van der Waals surface area contributed by atoms with E-state index in [-0.39, 0.29) is 0 Å². The molecular formula is C22H19Cl3N2O. The third-order valence-corrected chi connectivity index (χ3v) is 5.79. The molecule has 1 aromatic heterocycles. The van der Waals surface area contributed by atoms with E-state index in [4.69, 9.17) is 45.5 Å². The number of aromatic nitrogens is 1. The van der Waals surface area contributed by atoms with Crippen molar-refractivity contribution in [1.29, 1.82) is 0 Å². The number of nitrogens with zero attached hydrogens (tertiary/aromatic N) is 1. The molecule has 0 spiro atoms. The van der Waals surface area contributed by atoms with E-state index in [1.165, 1.54) is 0 Å². The lowest BCUT2D eigenvalue weighted by atomic mass is 9.92. The Labute approximate surface area is 179 Å². The standard InChI is InChI=1S/C22H19Cl3N2O/c1-3-13-10-18(14-6-4-7-15(23)12(14)2)27-19(11-13)21(22(26)28)20-16(24)8-5-9-17(20)25/h4-11,21H,3H2,1-2H3,(H2,26,28). The van der Waals surface area contributed by atoms with Crippen molar-refractivity contribution in [3.8, 4) is 11.3 Å². The first-order valence-corrected chi connectivity index (χ1v) is 9.96. The van der Waals surface area contributed by atoms with Gasteiger partial charge in [0.25, 0.3) is 0 Å². The fourth-order valence-electron chi connectivity index (χ4n) is 3.21. The van der Waals surface area contributed by atoms with Crippen molar-refractivity contribution < 1.29 is 4.79 Å². The molecule has 6 heteroatoms. The quantitative estimate of drug-likeness (QED) is 0.521. The number of carbonyl (C=O) groups is 1. The Hall–Kier alpha value is -2.07. The van der Waals surface area contributed by atoms with Gasteiger partial charge in [-0.3, -0.25) is 9.78 Å². The number of rotatable bonds is 5. The molecule has 0 aliphatic carbocycles. The van der Waals surface area contributed by atoms with Crippen molar-refractivity contribution in [2.75, 3.05) is 0 Å². The van der Waals surface area contributed by atoms with Crippen molar-refractivity contribution >= 4 is 40.7 Å². The third-order valence-electron chi connectivity index (χ3n) is 4.73. The van der Waals surface area contributed by atoms with Gasteiger partial charge in [0.2, 0.25) is 5.91 Å². The van der Waals surface area contributed by atoms with Crippen LogP contribution in [0.2, 0.25) is 15.1 Å². The lowest BCUT2D eigenvalue weighted by molar-refractivity contribution is -0.118. The van der Waals surface area contributed by atoms with Crippen molar-refractivity contribution in [3.63, 3.8) is 0 Å². The first kappa shape index (κ1) is 20.7. The minimum Gasteiger partial charge on any atom is -0.369 e. The third kappa shape index (κ3) is 4.02. The second-order valence-electron chi connectivity index (χ2n) is 6.52. The molecule has 0 aliphatic heterocycles. The first-order chi connectivity index (χ1) is 13.3. The number of hydrogen-bond acceptors (Lipinski definition) is 2. The first-order valence-electron chi connectivity index (χ1n) is 8.83. The summed E-state index contributed by atoms with van der Waals surface area (Å²) < 4.78 is 0. The van der Waals surface area contributed by atoms with Crippen LogP contribution in [0.5, 0.6) is 0 Å². The Kier molecular flexibility index (Phi) is 6.29. The Morgan fingerprint density at radius 2 is 1.64 bits per heavy atom. The molecular weight excluding hydrogens is 415 g/mol. The van der Waals surface area contributed by atoms with E-state index >= 15 is 0 Å². The van der Waals surface area contributed by atoms with Crippen LogP contribution < -0.4 is 5.73 Å². The molecule has 0 bridgehead atoms. The number of nitrogens with two attached hydrogens (primary N) is 1. The van der Waals surface area contributed by atoms with E-state index in [0.717, 1.165) is 28.8 Å². The van der Waals surface area contributed by atoms with Gasteiger partial charge in [-0.2, -0.15) is 0 Å². The summed E-state index contributed by atoms with van der Waals surface area (Å²) in [4.78, 5) is 17.2. The highest BCUT2D eigenvalue weighted by Crippen LogP contribution is 2.37. The number of halogens is 3. The number of amides is 1. The minimum atomic E-state index is -0.856. The monoisotopic (exact) mass is 432 g/mol. The molecule has 1 amide bonds. The van der Waals surface area contributed by atoms with Gasteiger partial charge < -0.3 is 5.73 Å². The number of aryl methyl sites for hydroxylation is 1. The van der Waals surface area contributed by atoms with E-state index in [0.29, 0.717) is 26.3 Å². The maximum Gasteiger partial charge on any atom is 0.231 e. The SMILES string of the molecule is CCc1cc(-c2cccc(Cl)c2C)nc(C(C(N)=O)c2c(Cl)cccc2Cl)c1. The summed E-state index contributed by atoms with van der Waals surface area (Å²) in [5, 5.41) is 1.41. The van der Waals surface area contributed by atoms with E-state index in [1.54, 1.807) is 18.2 Å². The van der Waals surface area contributed by atoms with Gasteiger partial charge in [-0.05, 0) is 54.8 Å². The topological polar surface area (TPSA) is 56.0 Å². The molecule has 0 aliphatic rings. The Balaban J connectivity index is 2.25. The molecule has 28 heavy (non-hydrogen) atoms. The summed E-state index contributed by atoms with van der Waals surface area (Å²) >= 11 is 19.0. The van der Waals surface area contributed by atoms with Crippen LogP contribution in [0, 0.1) is 6.92 Å². The highest BCUT2D eigenvalue weighted by molar-refractivity contribution is 6.36. The number of hydrogen-bond donors (Lipinski definition) is 1. The predicted molar refractivity (Wildman–Crippen MR) is 116 cm³/mol. The molecule has 1 heterocycles. The summed E-state index contributed by atoms with van der Waals surface area (Å²) in [6.07, 6.45) is 0.768. The van der Waals surface area contributed by atoms with Crippen LogP contribution in [0.25, 0.3) is 11.3 Å². The molecule has 2 aromatic carbocycles. The number of primary amides is 1. The lowest BCUT2D eigenvalue weighted by Gasteiger charge is -2.19. The van der Waals surface area contributed by atoms with Gasteiger partial charge in [0.05, 0.1) is 11.4 Å². The molecule has 1 atom stereocenters. The molecule has 1 unspecified atom stereocenters. The molecule has 0 radical (unpaired) electrons. The van der Waals surface area contributed by atoms with Crippen LogP contribution in [-0.4, -0.2) is 10.9 Å². The van der Waals surface area contributed by atoms with Crippen molar-refractivity contribution in [3.05, 3.63) is 86.0 Å². The summed E-state index contributed by atoms with van der Waals surface area (Å²) in [5.41, 5.74) is 10.3. The summed E-state index contributed by atoms with van der Waals surface area (Å²) in [5.74, 6) is -1.42. The van der Waals surface area contributed by atoms with Gasteiger partial charge in [0.15, 0.2) is 0 Å². The lowest BCUT2D eigenvalue weighted by Crippen LogP contribution is -2.24. The molecule has 3 nitrogen and oxygen atoms in total. The zero-order chi connectivity index (χ0) is 20.4. The van der Waals surface area contributed by atoms with Gasteiger partial charge in [0, 0.05) is 26.2 Å². The van der Waals surface area contributed by atoms with Crippen LogP contribution >= 0.6 is 34.8 Å². The highest BCUT2D eigenvalue weighted by Gasteiger charge is 2.27. The molecule has 2 N–H and O–H groups in total. The van der Waals surface area contributed by atoms with E-state index in [9.17, 15) is 4.79 Å². The van der Waals surface area contributed by atoms with Crippen molar-refractivity contribution in [1.82, 2.24) is 4.98 Å². The molecule has 0 saturated carbocycles. The zero-order valence-corrected chi connectivity index (χ0v) is 17.7. The van der Waals surface area contributed by atoms with Crippen LogP contribution in [0.3, 0.4) is 0 Å². The zero-order valence-electron chi connectivity index (χ0n) is 15.5. The maximum absolute atomic E-state index is 12.4. The van der Waals surface area contributed by atoms with Gasteiger partial charge in [-0.25, -0.2) is 0 Å². The van der Waals surface area contributed by atoms with Crippen LogP contribution in [0.1, 0.15) is 35.2 Å². The fraction of sp³-hybridized carbons (Fsp3) is 0.182. The summed E-state index contributed by atoms with van der Waals surface area (Å²) in [7, 11) is 0.